The monoisotopic (exact) mass is 558 g/mol. The largest absolute Gasteiger partial charge is 0.508 e. The van der Waals surface area contributed by atoms with Crippen molar-refractivity contribution < 1.29 is 29.4 Å². The third-order valence-corrected chi connectivity index (χ3v) is 7.65. The van der Waals surface area contributed by atoms with E-state index < -0.39 is 36.0 Å². The molecule has 0 spiro atoms. The smallest absolute Gasteiger partial charge is 0.246 e. The quantitative estimate of drug-likeness (QED) is 0.0846. The Bertz CT molecular complexity index is 1060. The molecule has 0 radical (unpaired) electrons. The van der Waals surface area contributed by atoms with Crippen molar-refractivity contribution >= 4 is 30.0 Å². The van der Waals surface area contributed by atoms with Gasteiger partial charge in [-0.05, 0) is 68.6 Å². The molecular weight excluding hydrogens is 516 g/mol. The second-order valence-corrected chi connectivity index (χ2v) is 10.7. The predicted octanol–water partition coefficient (Wildman–Crippen LogP) is 0.0874. The molecule has 1 saturated heterocycles. The average Bonchev–Trinajstić information content (AvgIpc) is 3.29. The summed E-state index contributed by atoms with van der Waals surface area (Å²) in [6, 6.07) is 3.45. The van der Waals surface area contributed by atoms with Gasteiger partial charge in [-0.1, -0.05) is 19.1 Å². The van der Waals surface area contributed by atoms with Gasteiger partial charge in [0.05, 0.1) is 12.1 Å². The lowest BCUT2D eigenvalue weighted by Gasteiger charge is -2.37. The van der Waals surface area contributed by atoms with Gasteiger partial charge in [-0.25, -0.2) is 0 Å². The van der Waals surface area contributed by atoms with E-state index in [2.05, 4.69) is 15.6 Å². The second kappa shape index (κ2) is 14.6. The molecule has 1 heterocycles. The van der Waals surface area contributed by atoms with Crippen LogP contribution in [0.3, 0.4) is 0 Å². The van der Waals surface area contributed by atoms with Crippen LogP contribution in [0.2, 0.25) is 0 Å². The summed E-state index contributed by atoms with van der Waals surface area (Å²) in [5, 5.41) is 25.7. The molecule has 3 rings (SSSR count). The van der Waals surface area contributed by atoms with Crippen molar-refractivity contribution in [2.24, 2.45) is 22.4 Å². The van der Waals surface area contributed by atoms with Gasteiger partial charge in [0.25, 0.3) is 0 Å². The first-order valence-corrected chi connectivity index (χ1v) is 14.0. The molecule has 40 heavy (non-hydrogen) atoms. The summed E-state index contributed by atoms with van der Waals surface area (Å²) in [5.41, 5.74) is 11.4. The van der Waals surface area contributed by atoms with Crippen LogP contribution < -0.4 is 22.1 Å². The number of phenols is 1. The number of carbonyl (C=O) groups excluding carboxylic acids is 4. The number of hydrogen-bond donors (Lipinski definition) is 6. The van der Waals surface area contributed by atoms with Crippen LogP contribution in [-0.4, -0.2) is 81.9 Å². The molecular formula is C28H42N6O6. The zero-order valence-electron chi connectivity index (χ0n) is 23.0. The van der Waals surface area contributed by atoms with E-state index in [9.17, 15) is 29.4 Å². The van der Waals surface area contributed by atoms with Gasteiger partial charge in [-0.3, -0.25) is 19.4 Å². The van der Waals surface area contributed by atoms with Gasteiger partial charge in [0.1, 0.15) is 24.1 Å². The number of nitrogens with two attached hydrogens (primary N) is 2. The number of likely N-dealkylation sites (tertiary alicyclic amines) is 1. The average molecular weight is 559 g/mol. The Kier molecular flexibility index (Phi) is 11.3. The summed E-state index contributed by atoms with van der Waals surface area (Å²) in [5.74, 6) is -1.08. The number of nitrogens with one attached hydrogen (secondary N) is 2. The second-order valence-electron chi connectivity index (χ2n) is 10.7. The van der Waals surface area contributed by atoms with Gasteiger partial charge < -0.3 is 42.0 Å². The van der Waals surface area contributed by atoms with Crippen molar-refractivity contribution in [2.75, 3.05) is 6.54 Å². The van der Waals surface area contributed by atoms with Gasteiger partial charge in [0, 0.05) is 25.4 Å². The molecule has 1 aliphatic carbocycles. The van der Waals surface area contributed by atoms with Crippen molar-refractivity contribution in [3.05, 3.63) is 29.8 Å². The first-order valence-electron chi connectivity index (χ1n) is 14.0. The fourth-order valence-corrected chi connectivity index (χ4v) is 5.70. The standard InChI is InChI=1S/C28H42N6O6/c1-2-4-25(38)33-22(13-17-6-9-20(36)10-7-17)27(40)34-23-15-21(37)11-8-18(23)14-24(34)26(39)32-19(16-35)5-3-12-31-28(29)30/h6-7,9-10,16,18-19,21-24,36-37H,2-5,8,11-15H2,1H3,(H,32,39)(H,33,38)(H4,29,30,31)/t18-,19+,21-,22-,23-,24-/m0/s1. The van der Waals surface area contributed by atoms with Crippen LogP contribution >= 0.6 is 0 Å². The van der Waals surface area contributed by atoms with Crippen LogP contribution in [-0.2, 0) is 25.6 Å². The highest BCUT2D eigenvalue weighted by atomic mass is 16.3. The van der Waals surface area contributed by atoms with Gasteiger partial charge in [0.2, 0.25) is 17.7 Å². The van der Waals surface area contributed by atoms with Crippen LogP contribution in [0.5, 0.6) is 5.75 Å². The zero-order valence-corrected chi connectivity index (χ0v) is 23.0. The number of phenolic OH excluding ortho intramolecular Hbond substituents is 1. The van der Waals surface area contributed by atoms with E-state index in [1.54, 1.807) is 12.1 Å². The van der Waals surface area contributed by atoms with Crippen molar-refractivity contribution in [1.82, 2.24) is 15.5 Å². The Morgan fingerprint density at radius 2 is 1.88 bits per heavy atom. The first kappa shape index (κ1) is 30.9. The number of carbonyl (C=O) groups is 4. The highest BCUT2D eigenvalue weighted by molar-refractivity contribution is 5.93. The number of fused-ring (bicyclic) bond motifs is 1. The minimum atomic E-state index is -0.946. The maximum absolute atomic E-state index is 14.2. The van der Waals surface area contributed by atoms with Gasteiger partial charge >= 0.3 is 0 Å². The van der Waals surface area contributed by atoms with Crippen molar-refractivity contribution in [1.29, 1.82) is 0 Å². The summed E-state index contributed by atoms with van der Waals surface area (Å²) in [7, 11) is 0. The lowest BCUT2D eigenvalue weighted by Crippen LogP contribution is -2.58. The molecule has 1 aromatic rings. The Balaban J connectivity index is 1.84. The zero-order chi connectivity index (χ0) is 29.2. The highest BCUT2D eigenvalue weighted by Crippen LogP contribution is 2.40. The molecule has 12 nitrogen and oxygen atoms in total. The fraction of sp³-hybridized carbons (Fsp3) is 0.607. The minimum Gasteiger partial charge on any atom is -0.508 e. The number of aliphatic hydroxyl groups excluding tert-OH is 1. The molecule has 8 N–H and O–H groups in total. The number of guanidine groups is 1. The summed E-state index contributed by atoms with van der Waals surface area (Å²) < 4.78 is 0. The maximum atomic E-state index is 14.2. The summed E-state index contributed by atoms with van der Waals surface area (Å²) >= 11 is 0. The van der Waals surface area contributed by atoms with E-state index in [-0.39, 0.29) is 42.4 Å². The van der Waals surface area contributed by atoms with Crippen molar-refractivity contribution in [3.8, 4) is 5.75 Å². The van der Waals surface area contributed by atoms with Crippen LogP contribution in [0.4, 0.5) is 0 Å². The van der Waals surface area contributed by atoms with E-state index in [1.807, 2.05) is 6.92 Å². The summed E-state index contributed by atoms with van der Waals surface area (Å²) in [4.78, 5) is 57.5. The van der Waals surface area contributed by atoms with Crippen molar-refractivity contribution in [3.63, 3.8) is 0 Å². The number of aliphatic imine (C=N–C) groups is 1. The normalized spacial score (nSPS) is 23.4. The lowest BCUT2D eigenvalue weighted by atomic mass is 9.83. The molecule has 0 aromatic heterocycles. The van der Waals surface area contributed by atoms with E-state index in [1.165, 1.54) is 17.0 Å². The molecule has 1 saturated carbocycles. The number of nitrogens with zero attached hydrogens (tertiary/aromatic N) is 2. The van der Waals surface area contributed by atoms with Gasteiger partial charge in [-0.15, -0.1) is 0 Å². The molecule has 1 aromatic carbocycles. The molecule has 2 fully saturated rings. The maximum Gasteiger partial charge on any atom is 0.246 e. The summed E-state index contributed by atoms with van der Waals surface area (Å²) in [6.07, 6.45) is 3.88. The number of aldehydes is 1. The minimum absolute atomic E-state index is 0.0142. The van der Waals surface area contributed by atoms with Gasteiger partial charge in [-0.2, -0.15) is 0 Å². The molecule has 220 valence electrons. The number of benzene rings is 1. The number of aromatic hydroxyl groups is 1. The number of hydrogen-bond acceptors (Lipinski definition) is 7. The molecule has 3 amide bonds. The molecule has 6 atom stereocenters. The van der Waals surface area contributed by atoms with Crippen LogP contribution in [0.1, 0.15) is 63.9 Å². The van der Waals surface area contributed by atoms with Crippen LogP contribution in [0, 0.1) is 5.92 Å². The van der Waals surface area contributed by atoms with Crippen LogP contribution in [0.15, 0.2) is 29.3 Å². The van der Waals surface area contributed by atoms with E-state index >= 15 is 0 Å². The topological polar surface area (TPSA) is 200 Å². The van der Waals surface area contributed by atoms with E-state index in [0.717, 1.165) is 5.56 Å². The first-order chi connectivity index (χ1) is 19.1. The third-order valence-electron chi connectivity index (χ3n) is 7.65. The Morgan fingerprint density at radius 1 is 1.15 bits per heavy atom. The Labute approximate surface area is 234 Å². The molecule has 1 aliphatic heterocycles. The SMILES string of the molecule is CCCC(=O)N[C@@H](Cc1ccc(O)cc1)C(=O)N1[C@H](C(=O)N[C@@H](C=O)CCCN=C(N)N)C[C@@H]2CC[C@H](O)C[C@@H]21. The number of aliphatic hydroxyl groups is 1. The molecule has 12 heteroatoms. The third kappa shape index (κ3) is 8.41. The van der Waals surface area contributed by atoms with E-state index in [4.69, 9.17) is 11.5 Å². The molecule has 0 unspecified atom stereocenters. The van der Waals surface area contributed by atoms with Crippen molar-refractivity contribution in [2.45, 2.75) is 95.0 Å². The summed E-state index contributed by atoms with van der Waals surface area (Å²) in [6.45, 7) is 2.18. The number of rotatable bonds is 13. The molecule has 2 aliphatic rings. The Hall–Kier alpha value is -3.67. The van der Waals surface area contributed by atoms with Gasteiger partial charge in [0.15, 0.2) is 5.96 Å². The van der Waals surface area contributed by atoms with E-state index in [0.29, 0.717) is 57.8 Å². The number of amides is 3. The molecule has 0 bridgehead atoms. The predicted molar refractivity (Wildman–Crippen MR) is 149 cm³/mol. The Morgan fingerprint density at radius 3 is 2.52 bits per heavy atom. The lowest BCUT2D eigenvalue weighted by molar-refractivity contribution is -0.144. The van der Waals surface area contributed by atoms with Crippen LogP contribution in [0.25, 0.3) is 0 Å². The highest BCUT2D eigenvalue weighted by Gasteiger charge is 2.50. The fourth-order valence-electron chi connectivity index (χ4n) is 5.70.